The van der Waals surface area contributed by atoms with Gasteiger partial charge in [0.25, 0.3) is 0 Å². The highest BCUT2D eigenvalue weighted by molar-refractivity contribution is 9.10. The van der Waals surface area contributed by atoms with Gasteiger partial charge in [-0.15, -0.1) is 0 Å². The molecular weight excluding hydrogens is 320 g/mol. The standard InChI is InChI=1S/C14H25BrN2OSi/c1-8-14(5,12-16-9-11(15)10-17-12)18-19(6,7)13(2,3)4/h9-10H,8H2,1-7H3. The van der Waals surface area contributed by atoms with E-state index in [4.69, 9.17) is 4.43 Å². The van der Waals surface area contributed by atoms with Crippen molar-refractivity contribution in [3.05, 3.63) is 22.7 Å². The van der Waals surface area contributed by atoms with Crippen molar-refractivity contribution in [1.82, 2.24) is 9.97 Å². The maximum atomic E-state index is 6.56. The molecule has 0 aliphatic carbocycles. The quantitative estimate of drug-likeness (QED) is 0.729. The van der Waals surface area contributed by atoms with Crippen LogP contribution in [0.2, 0.25) is 18.1 Å². The smallest absolute Gasteiger partial charge is 0.193 e. The molecule has 0 saturated carbocycles. The van der Waals surface area contributed by atoms with E-state index in [1.807, 2.05) is 0 Å². The van der Waals surface area contributed by atoms with Crippen LogP contribution in [0.4, 0.5) is 0 Å². The molecule has 0 aliphatic rings. The molecule has 19 heavy (non-hydrogen) atoms. The summed E-state index contributed by atoms with van der Waals surface area (Å²) in [7, 11) is -1.85. The van der Waals surface area contributed by atoms with Crippen molar-refractivity contribution in [2.45, 2.75) is 64.8 Å². The highest BCUT2D eigenvalue weighted by Crippen LogP contribution is 2.42. The molecule has 1 unspecified atom stereocenters. The Labute approximate surface area is 126 Å². The van der Waals surface area contributed by atoms with Crippen molar-refractivity contribution in [1.29, 1.82) is 0 Å². The van der Waals surface area contributed by atoms with Crippen molar-refractivity contribution < 1.29 is 4.43 Å². The molecule has 0 radical (unpaired) electrons. The third-order valence-corrected chi connectivity index (χ3v) is 9.04. The van der Waals surface area contributed by atoms with Crippen molar-refractivity contribution in [2.75, 3.05) is 0 Å². The number of hydrogen-bond acceptors (Lipinski definition) is 3. The van der Waals surface area contributed by atoms with Crippen LogP contribution in [-0.4, -0.2) is 18.3 Å². The fourth-order valence-corrected chi connectivity index (χ4v) is 3.45. The topological polar surface area (TPSA) is 35.0 Å². The van der Waals surface area contributed by atoms with Gasteiger partial charge in [-0.1, -0.05) is 27.7 Å². The van der Waals surface area contributed by atoms with E-state index in [-0.39, 0.29) is 5.04 Å². The lowest BCUT2D eigenvalue weighted by Gasteiger charge is -2.43. The first-order chi connectivity index (χ1) is 8.52. The highest BCUT2D eigenvalue weighted by Gasteiger charge is 2.44. The van der Waals surface area contributed by atoms with Crippen molar-refractivity contribution in [3.8, 4) is 0 Å². The molecule has 5 heteroatoms. The largest absolute Gasteiger partial charge is 0.404 e. The van der Waals surface area contributed by atoms with Crippen LogP contribution >= 0.6 is 15.9 Å². The Balaban J connectivity index is 3.08. The summed E-state index contributed by atoms with van der Waals surface area (Å²) in [5.74, 6) is 0.767. The van der Waals surface area contributed by atoms with Gasteiger partial charge in [-0.2, -0.15) is 0 Å². The summed E-state index contributed by atoms with van der Waals surface area (Å²) in [5.41, 5.74) is -0.413. The van der Waals surface area contributed by atoms with Gasteiger partial charge in [0.2, 0.25) is 0 Å². The molecule has 1 heterocycles. The Kier molecular flexibility index (Phi) is 4.97. The van der Waals surface area contributed by atoms with Crippen LogP contribution in [0.5, 0.6) is 0 Å². The third kappa shape index (κ3) is 3.86. The molecule has 0 aromatic carbocycles. The molecular formula is C14H25BrN2OSi. The van der Waals surface area contributed by atoms with Crippen LogP contribution in [0.1, 0.15) is 46.9 Å². The van der Waals surface area contributed by atoms with E-state index in [1.54, 1.807) is 12.4 Å². The van der Waals surface area contributed by atoms with Crippen LogP contribution in [0.25, 0.3) is 0 Å². The Bertz CT molecular complexity index is 428. The summed E-state index contributed by atoms with van der Waals surface area (Å²) >= 11 is 3.37. The predicted octanol–water partition coefficient (Wildman–Crippen LogP) is 4.89. The average Bonchev–Trinajstić information content (AvgIpc) is 2.27. The molecule has 0 N–H and O–H groups in total. The fraction of sp³-hybridized carbons (Fsp3) is 0.714. The summed E-state index contributed by atoms with van der Waals surface area (Å²) in [5, 5.41) is 0.179. The van der Waals surface area contributed by atoms with E-state index in [2.05, 4.69) is 73.6 Å². The van der Waals surface area contributed by atoms with E-state index < -0.39 is 13.9 Å². The van der Waals surface area contributed by atoms with Crippen molar-refractivity contribution in [3.63, 3.8) is 0 Å². The Morgan fingerprint density at radius 3 is 2.00 bits per heavy atom. The van der Waals surface area contributed by atoms with Gasteiger partial charge in [-0.25, -0.2) is 9.97 Å². The van der Waals surface area contributed by atoms with Gasteiger partial charge in [0.15, 0.2) is 14.1 Å². The van der Waals surface area contributed by atoms with Gasteiger partial charge in [0, 0.05) is 12.4 Å². The molecule has 0 aliphatic heterocycles. The summed E-state index contributed by atoms with van der Waals surface area (Å²) < 4.78 is 7.45. The van der Waals surface area contributed by atoms with E-state index in [9.17, 15) is 0 Å². The van der Waals surface area contributed by atoms with Gasteiger partial charge < -0.3 is 4.43 Å². The first-order valence-electron chi connectivity index (χ1n) is 6.70. The van der Waals surface area contributed by atoms with E-state index in [0.29, 0.717) is 0 Å². The molecule has 0 amide bonds. The normalized spacial score (nSPS) is 16.2. The molecule has 3 nitrogen and oxygen atoms in total. The lowest BCUT2D eigenvalue weighted by Crippen LogP contribution is -2.47. The monoisotopic (exact) mass is 344 g/mol. The molecule has 1 atom stereocenters. The average molecular weight is 345 g/mol. The minimum atomic E-state index is -1.85. The Morgan fingerprint density at radius 1 is 1.16 bits per heavy atom. The van der Waals surface area contributed by atoms with Crippen molar-refractivity contribution >= 4 is 24.2 Å². The van der Waals surface area contributed by atoms with Crippen LogP contribution in [0, 0.1) is 0 Å². The fourth-order valence-electron chi connectivity index (χ4n) is 1.58. The van der Waals surface area contributed by atoms with Crippen molar-refractivity contribution in [2.24, 2.45) is 0 Å². The molecule has 0 saturated heterocycles. The zero-order valence-corrected chi connectivity index (χ0v) is 15.6. The van der Waals surface area contributed by atoms with Gasteiger partial charge in [0.1, 0.15) is 5.60 Å². The van der Waals surface area contributed by atoms with Crippen LogP contribution in [0.3, 0.4) is 0 Å². The summed E-state index contributed by atoms with van der Waals surface area (Å²) in [6.07, 6.45) is 4.43. The number of rotatable bonds is 4. The zero-order valence-electron chi connectivity index (χ0n) is 13.0. The van der Waals surface area contributed by atoms with Crippen LogP contribution in [-0.2, 0) is 10.0 Å². The number of aromatic nitrogens is 2. The SMILES string of the molecule is CCC(C)(O[Si](C)(C)C(C)(C)C)c1ncc(Br)cn1. The van der Waals surface area contributed by atoms with Gasteiger partial charge in [0.05, 0.1) is 4.47 Å². The molecule has 1 rings (SSSR count). The van der Waals surface area contributed by atoms with Gasteiger partial charge in [-0.3, -0.25) is 0 Å². The lowest BCUT2D eigenvalue weighted by atomic mass is 10.0. The second kappa shape index (κ2) is 5.62. The first-order valence-corrected chi connectivity index (χ1v) is 10.4. The Morgan fingerprint density at radius 2 is 1.63 bits per heavy atom. The lowest BCUT2D eigenvalue weighted by molar-refractivity contribution is 0.0561. The third-order valence-electron chi connectivity index (χ3n) is 4.05. The second-order valence-corrected chi connectivity index (χ2v) is 12.3. The van der Waals surface area contributed by atoms with Gasteiger partial charge in [-0.05, 0) is 47.4 Å². The maximum Gasteiger partial charge on any atom is 0.193 e. The maximum absolute atomic E-state index is 6.56. The molecule has 0 fully saturated rings. The second-order valence-electron chi connectivity index (χ2n) is 6.67. The highest BCUT2D eigenvalue weighted by atomic mass is 79.9. The first kappa shape index (κ1) is 16.8. The van der Waals surface area contributed by atoms with E-state index in [1.165, 1.54) is 0 Å². The Hall–Kier alpha value is -0.263. The summed E-state index contributed by atoms with van der Waals surface area (Å²) in [6.45, 7) is 15.5. The molecule has 1 aromatic heterocycles. The number of halogens is 1. The summed E-state index contributed by atoms with van der Waals surface area (Å²) in [4.78, 5) is 8.85. The van der Waals surface area contributed by atoms with Crippen LogP contribution in [0.15, 0.2) is 16.9 Å². The molecule has 0 spiro atoms. The predicted molar refractivity (Wildman–Crippen MR) is 85.7 cm³/mol. The summed E-state index contributed by atoms with van der Waals surface area (Å²) in [6, 6.07) is 0. The molecule has 0 bridgehead atoms. The van der Waals surface area contributed by atoms with E-state index in [0.717, 1.165) is 16.7 Å². The van der Waals surface area contributed by atoms with Gasteiger partial charge >= 0.3 is 0 Å². The van der Waals surface area contributed by atoms with Crippen LogP contribution < -0.4 is 0 Å². The number of nitrogens with zero attached hydrogens (tertiary/aromatic N) is 2. The zero-order chi connectivity index (χ0) is 14.9. The number of hydrogen-bond donors (Lipinski definition) is 0. The minimum Gasteiger partial charge on any atom is -0.404 e. The molecule has 1 aromatic rings. The molecule has 108 valence electrons. The van der Waals surface area contributed by atoms with E-state index >= 15 is 0 Å². The minimum absolute atomic E-state index is 0.179.